The molecule has 0 radical (unpaired) electrons. The van der Waals surface area contributed by atoms with Crippen LogP contribution in [-0.4, -0.2) is 68.9 Å². The van der Waals surface area contributed by atoms with E-state index in [1.54, 1.807) is 0 Å². The molecule has 4 rings (SSSR count). The number of esters is 1. The Balaban J connectivity index is 1.39. The van der Waals surface area contributed by atoms with Gasteiger partial charge < -0.3 is 14.9 Å². The van der Waals surface area contributed by atoms with E-state index in [9.17, 15) is 44.8 Å². The first-order valence-corrected chi connectivity index (χ1v) is 14.3. The van der Waals surface area contributed by atoms with Gasteiger partial charge >= 0.3 is 17.9 Å². The van der Waals surface area contributed by atoms with E-state index in [-0.39, 0.29) is 43.8 Å². The number of rotatable bonds is 10. The van der Waals surface area contributed by atoms with Gasteiger partial charge in [-0.2, -0.15) is 0 Å². The first-order valence-electron chi connectivity index (χ1n) is 14.3. The second-order valence-corrected chi connectivity index (χ2v) is 11.7. The van der Waals surface area contributed by atoms with Crippen molar-refractivity contribution < 1.29 is 49.0 Å². The van der Waals surface area contributed by atoms with Crippen LogP contribution in [0.15, 0.2) is 0 Å². The molecule has 40 heavy (non-hydrogen) atoms. The Kier molecular flexibility index (Phi) is 9.93. The summed E-state index contributed by atoms with van der Waals surface area (Å²) in [5.41, 5.74) is 0. The molecule has 0 spiro atoms. The van der Waals surface area contributed by atoms with Gasteiger partial charge in [-0.05, 0) is 57.3 Å². The van der Waals surface area contributed by atoms with Crippen LogP contribution in [-0.2, 0) is 28.9 Å². The van der Waals surface area contributed by atoms with Gasteiger partial charge in [0.2, 0.25) is 12.1 Å². The summed E-state index contributed by atoms with van der Waals surface area (Å²) < 4.78 is 5.85. The minimum absolute atomic E-state index is 0.0545. The quantitative estimate of drug-likeness (QED) is 0.168. The fraction of sp³-hybridized carbons (Fsp3) is 0.885. The Morgan fingerprint density at radius 3 is 1.85 bits per heavy atom. The lowest BCUT2D eigenvalue weighted by Gasteiger charge is -2.45. The lowest BCUT2D eigenvalue weighted by atomic mass is 9.68. The molecule has 10 unspecified atom stereocenters. The van der Waals surface area contributed by atoms with Crippen molar-refractivity contribution in [3.8, 4) is 0 Å². The van der Waals surface area contributed by atoms with Crippen LogP contribution in [0.5, 0.6) is 0 Å². The number of aliphatic carboxylic acids is 2. The van der Waals surface area contributed by atoms with Crippen LogP contribution >= 0.6 is 0 Å². The second kappa shape index (κ2) is 13.2. The summed E-state index contributed by atoms with van der Waals surface area (Å²) in [5.74, 6) is -7.51. The highest BCUT2D eigenvalue weighted by Crippen LogP contribution is 2.44. The molecule has 0 aromatic rings. The van der Waals surface area contributed by atoms with E-state index in [0.717, 1.165) is 25.7 Å². The molecule has 14 heteroatoms. The van der Waals surface area contributed by atoms with E-state index in [4.69, 9.17) is 14.5 Å². The van der Waals surface area contributed by atoms with Crippen molar-refractivity contribution in [1.29, 1.82) is 0 Å². The van der Waals surface area contributed by atoms with Crippen LogP contribution in [0.3, 0.4) is 0 Å². The van der Waals surface area contributed by atoms with E-state index >= 15 is 0 Å². The molecule has 224 valence electrons. The predicted molar refractivity (Wildman–Crippen MR) is 134 cm³/mol. The van der Waals surface area contributed by atoms with E-state index in [2.05, 4.69) is 0 Å². The number of ether oxygens (including phenoxy) is 1. The van der Waals surface area contributed by atoms with Crippen molar-refractivity contribution in [2.75, 3.05) is 6.61 Å². The Bertz CT molecular complexity index is 931. The molecule has 0 bridgehead atoms. The van der Waals surface area contributed by atoms with Crippen molar-refractivity contribution in [2.24, 2.45) is 35.5 Å². The molecular formula is C26H38N2O12. The molecule has 2 N–H and O–H groups in total. The maximum atomic E-state index is 13.2. The molecule has 0 aromatic carbocycles. The number of nitrogens with zero attached hydrogens (tertiary/aromatic N) is 2. The molecule has 0 amide bonds. The van der Waals surface area contributed by atoms with Gasteiger partial charge in [0.05, 0.1) is 30.5 Å². The largest absolute Gasteiger partial charge is 0.481 e. The molecule has 4 aliphatic carbocycles. The predicted octanol–water partition coefficient (Wildman–Crippen LogP) is 3.11. The summed E-state index contributed by atoms with van der Waals surface area (Å²) in [4.78, 5) is 70.2. The number of carboxylic acids is 2. The molecule has 4 aliphatic rings. The fourth-order valence-corrected chi connectivity index (χ4v) is 7.61. The van der Waals surface area contributed by atoms with Crippen molar-refractivity contribution in [3.63, 3.8) is 0 Å². The SMILES string of the molecule is O=C(O)C1CCCC([N+](=O)[O-])C1COOC1CCC(OC(=O)C2C(C(=O)O)CCCC2[N+](=O)[O-])C2CCCCC12. The Labute approximate surface area is 230 Å². The third-order valence-electron chi connectivity index (χ3n) is 9.62. The molecule has 4 saturated carbocycles. The Morgan fingerprint density at radius 1 is 0.700 bits per heavy atom. The molecular weight excluding hydrogens is 532 g/mol. The number of carbonyl (C=O) groups excluding carboxylic acids is 1. The third kappa shape index (κ3) is 6.54. The third-order valence-corrected chi connectivity index (χ3v) is 9.62. The molecule has 0 heterocycles. The first-order chi connectivity index (χ1) is 19.1. The zero-order valence-corrected chi connectivity index (χ0v) is 22.3. The van der Waals surface area contributed by atoms with Crippen LogP contribution < -0.4 is 0 Å². The van der Waals surface area contributed by atoms with Gasteiger partial charge in [0.1, 0.15) is 12.0 Å². The van der Waals surface area contributed by atoms with Gasteiger partial charge in [0.25, 0.3) is 0 Å². The maximum Gasteiger partial charge on any atom is 0.317 e. The maximum absolute atomic E-state index is 13.2. The van der Waals surface area contributed by atoms with Gasteiger partial charge in [-0.15, -0.1) is 0 Å². The van der Waals surface area contributed by atoms with Crippen LogP contribution in [0, 0.1) is 55.7 Å². The monoisotopic (exact) mass is 570 g/mol. The molecule has 0 saturated heterocycles. The molecule has 4 fully saturated rings. The van der Waals surface area contributed by atoms with Crippen molar-refractivity contribution in [3.05, 3.63) is 20.2 Å². The zero-order valence-electron chi connectivity index (χ0n) is 22.3. The number of fused-ring (bicyclic) bond motifs is 1. The van der Waals surface area contributed by atoms with Crippen molar-refractivity contribution in [1.82, 2.24) is 0 Å². The number of hydrogen-bond donors (Lipinski definition) is 2. The van der Waals surface area contributed by atoms with E-state index in [0.29, 0.717) is 32.1 Å². The summed E-state index contributed by atoms with van der Waals surface area (Å²) in [7, 11) is 0. The average Bonchev–Trinajstić information content (AvgIpc) is 2.93. The summed E-state index contributed by atoms with van der Waals surface area (Å²) in [5, 5.41) is 42.4. The highest BCUT2D eigenvalue weighted by molar-refractivity contribution is 5.82. The Morgan fingerprint density at radius 2 is 1.25 bits per heavy atom. The fourth-order valence-electron chi connectivity index (χ4n) is 7.61. The number of carbonyl (C=O) groups is 3. The normalized spacial score (nSPS) is 38.0. The van der Waals surface area contributed by atoms with Gasteiger partial charge in [-0.25, -0.2) is 9.78 Å². The second-order valence-electron chi connectivity index (χ2n) is 11.7. The number of carboxylic acid groups (broad SMARTS) is 2. The van der Waals surface area contributed by atoms with Gasteiger partial charge in [0.15, 0.2) is 0 Å². The minimum atomic E-state index is -1.34. The van der Waals surface area contributed by atoms with Crippen LogP contribution in [0.4, 0.5) is 0 Å². The summed E-state index contributed by atoms with van der Waals surface area (Å²) in [6.45, 7) is -0.213. The van der Waals surface area contributed by atoms with E-state index in [1.165, 1.54) is 0 Å². The molecule has 0 aliphatic heterocycles. The van der Waals surface area contributed by atoms with Crippen LogP contribution in [0.25, 0.3) is 0 Å². The van der Waals surface area contributed by atoms with E-state index < -0.39 is 69.6 Å². The smallest absolute Gasteiger partial charge is 0.317 e. The summed E-state index contributed by atoms with van der Waals surface area (Å²) >= 11 is 0. The van der Waals surface area contributed by atoms with Gasteiger partial charge in [-0.1, -0.05) is 12.8 Å². The highest BCUT2D eigenvalue weighted by atomic mass is 17.2. The van der Waals surface area contributed by atoms with E-state index in [1.807, 2.05) is 0 Å². The lowest BCUT2D eigenvalue weighted by Crippen LogP contribution is -2.50. The number of hydrogen-bond acceptors (Lipinski definition) is 10. The zero-order chi connectivity index (χ0) is 29.0. The van der Waals surface area contributed by atoms with Crippen molar-refractivity contribution in [2.45, 2.75) is 101 Å². The molecule has 14 nitrogen and oxygen atoms in total. The average molecular weight is 571 g/mol. The van der Waals surface area contributed by atoms with Gasteiger partial charge in [0, 0.05) is 28.6 Å². The number of nitro groups is 2. The first kappa shape index (κ1) is 30.1. The Hall–Kier alpha value is -2.87. The van der Waals surface area contributed by atoms with Crippen LogP contribution in [0.1, 0.15) is 77.0 Å². The lowest BCUT2D eigenvalue weighted by molar-refractivity contribution is -0.541. The summed E-state index contributed by atoms with van der Waals surface area (Å²) in [6, 6.07) is -2.32. The molecule has 10 atom stereocenters. The van der Waals surface area contributed by atoms with Gasteiger partial charge in [-0.3, -0.25) is 34.6 Å². The topological polar surface area (TPSA) is 206 Å². The molecule has 0 aromatic heterocycles. The minimum Gasteiger partial charge on any atom is -0.481 e. The summed E-state index contributed by atoms with van der Waals surface area (Å²) in [6.07, 6.45) is 5.00. The highest BCUT2D eigenvalue weighted by Gasteiger charge is 2.52. The standard InChI is InChI=1S/C26H38N2O12/c29-24(30)16-7-3-9-19(27(34)35)18(16)13-38-40-22-12-11-21(14-5-1-2-6-15(14)22)39-26(33)23-17(25(31)32)8-4-10-20(23)28(36)37/h14-23H,1-13H2,(H,29,30)(H,31,32). The van der Waals surface area contributed by atoms with Crippen LogP contribution in [0.2, 0.25) is 0 Å². The van der Waals surface area contributed by atoms with Crippen molar-refractivity contribution >= 4 is 17.9 Å².